The van der Waals surface area contributed by atoms with Crippen molar-refractivity contribution in [3.05, 3.63) is 34.9 Å². The molecule has 2 N–H and O–H groups in total. The molecule has 138 valence electrons. The molecule has 0 aromatic heterocycles. The minimum atomic E-state index is -0.309. The number of rotatable bonds is 5. The van der Waals surface area contributed by atoms with Gasteiger partial charge in [-0.15, -0.1) is 0 Å². The average Bonchev–Trinajstić information content (AvgIpc) is 2.83. The number of thioether (sulfide) groups is 1. The number of quaternary nitrogens is 1. The highest BCUT2D eigenvalue weighted by Crippen LogP contribution is 2.45. The molecular weight excluding hydrogens is 348 g/mol. The summed E-state index contributed by atoms with van der Waals surface area (Å²) in [5.41, 5.74) is 0.818. The van der Waals surface area contributed by atoms with E-state index in [0.717, 1.165) is 15.5 Å². The highest BCUT2D eigenvalue weighted by molar-refractivity contribution is 8.03. The van der Waals surface area contributed by atoms with Gasteiger partial charge in [0.25, 0.3) is 5.91 Å². The smallest absolute Gasteiger partial charge is 0.275 e. The van der Waals surface area contributed by atoms with Crippen molar-refractivity contribution in [2.75, 3.05) is 32.1 Å². The van der Waals surface area contributed by atoms with Crippen LogP contribution in [0.5, 0.6) is 0 Å². The lowest BCUT2D eigenvalue weighted by Crippen LogP contribution is -3.11. The van der Waals surface area contributed by atoms with Crippen LogP contribution in [0.4, 0.5) is 5.69 Å². The molecule has 6 nitrogen and oxygen atoms in total. The largest absolute Gasteiger partial charge is 0.347 e. The summed E-state index contributed by atoms with van der Waals surface area (Å²) in [7, 11) is 3.63. The number of ketones is 1. The molecule has 26 heavy (non-hydrogen) atoms. The first-order chi connectivity index (χ1) is 12.1. The number of benzene rings is 1. The molecule has 1 aromatic carbocycles. The Morgan fingerprint density at radius 2 is 1.92 bits per heavy atom. The second-order valence-corrected chi connectivity index (χ2v) is 8.48. The summed E-state index contributed by atoms with van der Waals surface area (Å²) in [6.07, 6.45) is 0. The first-order valence-electron chi connectivity index (χ1n) is 8.43. The summed E-state index contributed by atoms with van der Waals surface area (Å²) in [6, 6.07) is 9.85. The molecule has 1 aliphatic rings. The highest BCUT2D eigenvalue weighted by Gasteiger charge is 2.29. The predicted octanol–water partition coefficient (Wildman–Crippen LogP) is 0.962. The number of Topliss-reactive ketones (excluding diaryl/α,β-unsaturated/α-hetero) is 1. The fraction of sp³-hybridized carbons (Fsp3) is 0.421. The molecule has 0 saturated heterocycles. The van der Waals surface area contributed by atoms with Crippen molar-refractivity contribution < 1.29 is 14.5 Å². The number of para-hydroxylation sites is 1. The Labute approximate surface area is 158 Å². The molecule has 0 fully saturated rings. The first kappa shape index (κ1) is 20.0. The van der Waals surface area contributed by atoms with Crippen molar-refractivity contribution in [2.24, 2.45) is 0 Å². The Hall–Kier alpha value is -2.30. The number of likely N-dealkylation sites (N-methyl/N-ethyl adjacent to an activating group) is 1. The van der Waals surface area contributed by atoms with Crippen LogP contribution < -0.4 is 15.1 Å². The Bertz CT molecular complexity index is 789. The SMILES string of the molecule is CN1/C(=C(\C#N)C(=O)C[NH+](C)CC(=O)NC(C)(C)C)Sc2ccccc21. The molecule has 1 atom stereocenters. The minimum Gasteiger partial charge on any atom is -0.347 e. The van der Waals surface area contributed by atoms with Crippen molar-refractivity contribution in [1.82, 2.24) is 5.32 Å². The number of nitrogens with zero attached hydrogens (tertiary/aromatic N) is 2. The summed E-state index contributed by atoms with van der Waals surface area (Å²) in [4.78, 5) is 28.3. The number of carbonyl (C=O) groups is 2. The normalized spacial score (nSPS) is 16.5. The van der Waals surface area contributed by atoms with Crippen LogP contribution in [0.2, 0.25) is 0 Å². The van der Waals surface area contributed by atoms with Gasteiger partial charge in [0.15, 0.2) is 6.54 Å². The van der Waals surface area contributed by atoms with Crippen LogP contribution in [0.3, 0.4) is 0 Å². The number of hydrogen-bond donors (Lipinski definition) is 2. The van der Waals surface area contributed by atoms with E-state index in [0.29, 0.717) is 5.03 Å². The maximum atomic E-state index is 12.7. The molecule has 2 rings (SSSR count). The second-order valence-electron chi connectivity index (χ2n) is 7.45. The van der Waals surface area contributed by atoms with E-state index in [9.17, 15) is 14.9 Å². The van der Waals surface area contributed by atoms with Gasteiger partial charge in [0, 0.05) is 17.5 Å². The zero-order valence-electron chi connectivity index (χ0n) is 15.8. The van der Waals surface area contributed by atoms with Gasteiger partial charge in [0.1, 0.15) is 23.2 Å². The lowest BCUT2D eigenvalue weighted by molar-refractivity contribution is -0.862. The zero-order chi connectivity index (χ0) is 19.5. The molecule has 1 amide bonds. The Balaban J connectivity index is 2.08. The van der Waals surface area contributed by atoms with Crippen molar-refractivity contribution in [3.63, 3.8) is 0 Å². The third kappa shape index (κ3) is 4.87. The molecule has 0 saturated carbocycles. The van der Waals surface area contributed by atoms with Gasteiger partial charge in [-0.2, -0.15) is 5.26 Å². The Morgan fingerprint density at radius 1 is 1.27 bits per heavy atom. The molecule has 1 unspecified atom stereocenters. The van der Waals surface area contributed by atoms with Crippen LogP contribution in [0.1, 0.15) is 20.8 Å². The molecular formula is C19H25N4O2S+. The highest BCUT2D eigenvalue weighted by atomic mass is 32.2. The van der Waals surface area contributed by atoms with E-state index < -0.39 is 0 Å². The van der Waals surface area contributed by atoms with E-state index in [1.54, 1.807) is 7.05 Å². The van der Waals surface area contributed by atoms with Crippen LogP contribution in [0.25, 0.3) is 0 Å². The van der Waals surface area contributed by atoms with Gasteiger partial charge in [-0.25, -0.2) is 0 Å². The average molecular weight is 374 g/mol. The van der Waals surface area contributed by atoms with E-state index in [4.69, 9.17) is 0 Å². The van der Waals surface area contributed by atoms with E-state index in [1.807, 2.05) is 57.0 Å². The topological polar surface area (TPSA) is 77.6 Å². The van der Waals surface area contributed by atoms with Crippen LogP contribution in [-0.4, -0.2) is 44.4 Å². The van der Waals surface area contributed by atoms with Crippen LogP contribution in [0.15, 0.2) is 39.8 Å². The minimum absolute atomic E-state index is 0.0920. The monoisotopic (exact) mass is 373 g/mol. The Morgan fingerprint density at radius 3 is 2.50 bits per heavy atom. The quantitative estimate of drug-likeness (QED) is 0.594. The van der Waals surface area contributed by atoms with E-state index in [1.165, 1.54) is 11.8 Å². The molecule has 1 heterocycles. The number of amides is 1. The summed E-state index contributed by atoms with van der Waals surface area (Å²) in [5.74, 6) is -0.371. The number of nitriles is 1. The maximum Gasteiger partial charge on any atom is 0.275 e. The number of fused-ring (bicyclic) bond motifs is 1. The third-order valence-electron chi connectivity index (χ3n) is 3.78. The van der Waals surface area contributed by atoms with Gasteiger partial charge in [-0.3, -0.25) is 9.59 Å². The van der Waals surface area contributed by atoms with Crippen molar-refractivity contribution in [2.45, 2.75) is 31.2 Å². The third-order valence-corrected chi connectivity index (χ3v) is 5.02. The van der Waals surface area contributed by atoms with Crippen molar-refractivity contribution >= 4 is 29.1 Å². The van der Waals surface area contributed by atoms with E-state index in [-0.39, 0.29) is 35.9 Å². The molecule has 1 aliphatic heterocycles. The van der Waals surface area contributed by atoms with Crippen LogP contribution in [0, 0.1) is 11.3 Å². The summed E-state index contributed by atoms with van der Waals surface area (Å²) >= 11 is 1.43. The maximum absolute atomic E-state index is 12.7. The fourth-order valence-electron chi connectivity index (χ4n) is 2.71. The molecule has 0 aliphatic carbocycles. The number of anilines is 1. The summed E-state index contributed by atoms with van der Waals surface area (Å²) in [6.45, 7) is 6.01. The standard InChI is InChI=1S/C19H24N4O2S/c1-19(2,3)21-17(25)12-22(4)11-15(24)13(10-20)18-23(5)14-8-6-7-9-16(14)26-18/h6-9H,11-12H2,1-5H3,(H,21,25)/p+1/b18-13-. The van der Waals surface area contributed by atoms with Gasteiger partial charge in [-0.1, -0.05) is 23.9 Å². The molecule has 1 aromatic rings. The van der Waals surface area contributed by atoms with Gasteiger partial charge < -0.3 is 15.1 Å². The lowest BCUT2D eigenvalue weighted by Gasteiger charge is -2.22. The van der Waals surface area contributed by atoms with Gasteiger partial charge in [0.05, 0.1) is 12.7 Å². The second kappa shape index (κ2) is 7.94. The van der Waals surface area contributed by atoms with Crippen LogP contribution in [-0.2, 0) is 9.59 Å². The van der Waals surface area contributed by atoms with Crippen molar-refractivity contribution in [1.29, 1.82) is 5.26 Å². The predicted molar refractivity (Wildman–Crippen MR) is 103 cm³/mol. The number of carbonyl (C=O) groups excluding carboxylic acids is 2. The van der Waals surface area contributed by atoms with Crippen LogP contribution >= 0.6 is 11.8 Å². The zero-order valence-corrected chi connectivity index (χ0v) is 16.7. The number of nitrogens with one attached hydrogen (secondary N) is 2. The molecule has 0 bridgehead atoms. The molecule has 7 heteroatoms. The summed E-state index contributed by atoms with van der Waals surface area (Å²) in [5, 5.41) is 13.1. The van der Waals surface area contributed by atoms with Gasteiger partial charge in [-0.05, 0) is 32.9 Å². The first-order valence-corrected chi connectivity index (χ1v) is 9.24. The number of hydrogen-bond acceptors (Lipinski definition) is 5. The van der Waals surface area contributed by atoms with E-state index >= 15 is 0 Å². The lowest BCUT2D eigenvalue weighted by atomic mass is 10.1. The fourth-order valence-corrected chi connectivity index (χ4v) is 3.87. The van der Waals surface area contributed by atoms with Crippen molar-refractivity contribution in [3.8, 4) is 6.07 Å². The van der Waals surface area contributed by atoms with Gasteiger partial charge >= 0.3 is 0 Å². The summed E-state index contributed by atoms with van der Waals surface area (Å²) < 4.78 is 0. The molecule has 0 radical (unpaired) electrons. The molecule has 0 spiro atoms. The van der Waals surface area contributed by atoms with E-state index in [2.05, 4.69) is 11.4 Å². The Kier molecular flexibility index (Phi) is 6.11. The van der Waals surface area contributed by atoms with Gasteiger partial charge in [0.2, 0.25) is 5.78 Å².